The minimum Gasteiger partial charge on any atom is -0.326 e. The number of hydrogen-bond donors (Lipinski definition) is 2. The van der Waals surface area contributed by atoms with Gasteiger partial charge >= 0.3 is 0 Å². The Bertz CT molecular complexity index is 869. The molecule has 2 unspecified atom stereocenters. The van der Waals surface area contributed by atoms with Crippen LogP contribution in [0.2, 0.25) is 5.02 Å². The van der Waals surface area contributed by atoms with Crippen LogP contribution < -0.4 is 10.6 Å². The average molecular weight is 371 g/mol. The van der Waals surface area contributed by atoms with Crippen molar-refractivity contribution in [3.05, 3.63) is 57.6 Å². The van der Waals surface area contributed by atoms with Crippen LogP contribution in [0.4, 0.5) is 11.4 Å². The fraction of sp³-hybridized carbons (Fsp3) is 0.333. The second-order valence-electron chi connectivity index (χ2n) is 7.16. The van der Waals surface area contributed by atoms with Gasteiger partial charge in [0.05, 0.1) is 22.5 Å². The first-order chi connectivity index (χ1) is 12.3. The number of benzene rings is 2. The number of amides is 2. The number of hydrogen-bond acceptors (Lipinski definition) is 2. The van der Waals surface area contributed by atoms with Gasteiger partial charge in [0.15, 0.2) is 0 Å². The third-order valence-electron chi connectivity index (χ3n) is 4.92. The highest BCUT2D eigenvalue weighted by Gasteiger charge is 2.48. The Morgan fingerprint density at radius 1 is 0.885 bits per heavy atom. The first-order valence-corrected chi connectivity index (χ1v) is 9.10. The van der Waals surface area contributed by atoms with Crippen molar-refractivity contribution < 1.29 is 9.59 Å². The normalized spacial score (nSPS) is 18.3. The van der Waals surface area contributed by atoms with Crippen molar-refractivity contribution in [1.29, 1.82) is 0 Å². The summed E-state index contributed by atoms with van der Waals surface area (Å²) in [5, 5.41) is 6.31. The number of carbonyl (C=O) groups is 2. The van der Waals surface area contributed by atoms with Gasteiger partial charge in [-0.25, -0.2) is 0 Å². The van der Waals surface area contributed by atoms with E-state index < -0.39 is 0 Å². The summed E-state index contributed by atoms with van der Waals surface area (Å²) in [5.74, 6) is -0.862. The zero-order valence-corrected chi connectivity index (χ0v) is 16.2. The molecule has 0 saturated heterocycles. The number of nitrogens with one attached hydrogen (secondary N) is 2. The Hall–Kier alpha value is -2.33. The quantitative estimate of drug-likeness (QED) is 0.813. The van der Waals surface area contributed by atoms with Crippen molar-refractivity contribution >= 4 is 34.8 Å². The zero-order chi connectivity index (χ0) is 19.0. The van der Waals surface area contributed by atoms with E-state index in [1.165, 1.54) is 5.56 Å². The minimum atomic E-state index is -0.307. The van der Waals surface area contributed by atoms with Crippen LogP contribution in [0.1, 0.15) is 28.7 Å². The highest BCUT2D eigenvalue weighted by Crippen LogP contribution is 2.41. The Morgan fingerprint density at radius 2 is 1.54 bits per heavy atom. The topological polar surface area (TPSA) is 58.2 Å². The molecule has 1 fully saturated rings. The molecule has 2 aromatic rings. The minimum absolute atomic E-state index is 0.111. The van der Waals surface area contributed by atoms with Crippen LogP contribution in [0, 0.1) is 39.5 Å². The van der Waals surface area contributed by atoms with Crippen LogP contribution in [0.3, 0.4) is 0 Å². The maximum absolute atomic E-state index is 12.5. The number of halogens is 1. The molecule has 2 aromatic carbocycles. The molecule has 5 heteroatoms. The monoisotopic (exact) mass is 370 g/mol. The molecule has 2 atom stereocenters. The van der Waals surface area contributed by atoms with E-state index >= 15 is 0 Å². The number of aryl methyl sites for hydroxylation is 4. The van der Waals surface area contributed by atoms with Crippen LogP contribution in [0.5, 0.6) is 0 Å². The number of rotatable bonds is 4. The van der Waals surface area contributed by atoms with Crippen molar-refractivity contribution in [3.63, 3.8) is 0 Å². The third-order valence-corrected chi connectivity index (χ3v) is 5.22. The molecule has 2 N–H and O–H groups in total. The van der Waals surface area contributed by atoms with Gasteiger partial charge < -0.3 is 10.6 Å². The van der Waals surface area contributed by atoms with E-state index in [4.69, 9.17) is 11.6 Å². The molecule has 0 spiro atoms. The van der Waals surface area contributed by atoms with Gasteiger partial charge in [-0.15, -0.1) is 0 Å². The van der Waals surface area contributed by atoms with E-state index in [9.17, 15) is 9.59 Å². The molecule has 0 aromatic heterocycles. The van der Waals surface area contributed by atoms with Crippen molar-refractivity contribution in [1.82, 2.24) is 0 Å². The van der Waals surface area contributed by atoms with Gasteiger partial charge in [0.25, 0.3) is 0 Å². The summed E-state index contributed by atoms with van der Waals surface area (Å²) in [6, 6.07) is 9.59. The van der Waals surface area contributed by atoms with Crippen molar-refractivity contribution in [3.8, 4) is 0 Å². The molecule has 1 aliphatic rings. The molecule has 0 heterocycles. The standard InChI is InChI=1S/C21H23ClN2O2/c1-11-7-14(4)19(18(22)8-11)24-21(26)17-10-16(17)20(25)23-15-6-5-12(2)13(3)9-15/h5-9,16-17H,10H2,1-4H3,(H,23,25)(H,24,26). The molecule has 0 aliphatic heterocycles. The number of anilines is 2. The van der Waals surface area contributed by atoms with Crippen LogP contribution in [-0.4, -0.2) is 11.8 Å². The van der Waals surface area contributed by atoms with Crippen molar-refractivity contribution in [2.45, 2.75) is 34.1 Å². The summed E-state index contributed by atoms with van der Waals surface area (Å²) >= 11 is 6.24. The highest BCUT2D eigenvalue weighted by atomic mass is 35.5. The lowest BCUT2D eigenvalue weighted by Gasteiger charge is -2.12. The van der Waals surface area contributed by atoms with Crippen molar-refractivity contribution in [2.75, 3.05) is 10.6 Å². The fourth-order valence-electron chi connectivity index (χ4n) is 3.12. The molecular formula is C21H23ClN2O2. The average Bonchev–Trinajstić information content (AvgIpc) is 3.35. The molecule has 4 nitrogen and oxygen atoms in total. The molecule has 136 valence electrons. The van der Waals surface area contributed by atoms with E-state index in [0.29, 0.717) is 17.1 Å². The lowest BCUT2D eigenvalue weighted by atomic mass is 10.1. The van der Waals surface area contributed by atoms with E-state index in [-0.39, 0.29) is 23.7 Å². The molecule has 1 aliphatic carbocycles. The smallest absolute Gasteiger partial charge is 0.228 e. The first kappa shape index (κ1) is 18.5. The van der Waals surface area contributed by atoms with Gasteiger partial charge in [0, 0.05) is 5.69 Å². The Labute approximate surface area is 158 Å². The summed E-state index contributed by atoms with van der Waals surface area (Å²) in [5.41, 5.74) is 5.65. The molecule has 1 saturated carbocycles. The SMILES string of the molecule is Cc1cc(C)c(NC(=O)C2CC2C(=O)Nc2ccc(C)c(C)c2)c(Cl)c1. The summed E-state index contributed by atoms with van der Waals surface area (Å²) in [6.45, 7) is 7.90. The van der Waals surface area contributed by atoms with Crippen LogP contribution in [-0.2, 0) is 9.59 Å². The van der Waals surface area contributed by atoms with Gasteiger partial charge in [-0.2, -0.15) is 0 Å². The largest absolute Gasteiger partial charge is 0.326 e. The molecule has 0 bridgehead atoms. The van der Waals surface area contributed by atoms with E-state index in [0.717, 1.165) is 22.4 Å². The van der Waals surface area contributed by atoms with Crippen molar-refractivity contribution in [2.24, 2.45) is 11.8 Å². The molecule has 3 rings (SSSR count). The van der Waals surface area contributed by atoms with E-state index in [2.05, 4.69) is 10.6 Å². The maximum atomic E-state index is 12.5. The molecular weight excluding hydrogens is 348 g/mol. The Morgan fingerprint density at radius 3 is 2.15 bits per heavy atom. The van der Waals surface area contributed by atoms with Crippen LogP contribution >= 0.6 is 11.6 Å². The zero-order valence-electron chi connectivity index (χ0n) is 15.4. The predicted molar refractivity (Wildman–Crippen MR) is 106 cm³/mol. The number of carbonyl (C=O) groups excluding carboxylic acids is 2. The predicted octanol–water partition coefficient (Wildman–Crippen LogP) is 4.79. The van der Waals surface area contributed by atoms with Crippen LogP contribution in [0.25, 0.3) is 0 Å². The third kappa shape index (κ3) is 3.91. The van der Waals surface area contributed by atoms with E-state index in [1.54, 1.807) is 0 Å². The van der Waals surface area contributed by atoms with Crippen LogP contribution in [0.15, 0.2) is 30.3 Å². The van der Waals surface area contributed by atoms with Gasteiger partial charge in [0.1, 0.15) is 0 Å². The van der Waals surface area contributed by atoms with E-state index in [1.807, 2.05) is 58.0 Å². The summed E-state index contributed by atoms with van der Waals surface area (Å²) in [7, 11) is 0. The maximum Gasteiger partial charge on any atom is 0.228 e. The summed E-state index contributed by atoms with van der Waals surface area (Å²) < 4.78 is 0. The highest BCUT2D eigenvalue weighted by molar-refractivity contribution is 6.34. The van der Waals surface area contributed by atoms with Gasteiger partial charge in [0.2, 0.25) is 11.8 Å². The van der Waals surface area contributed by atoms with Gasteiger partial charge in [-0.05, 0) is 74.6 Å². The van der Waals surface area contributed by atoms with Gasteiger partial charge in [-0.1, -0.05) is 23.7 Å². The lowest BCUT2D eigenvalue weighted by Crippen LogP contribution is -2.21. The molecule has 0 radical (unpaired) electrons. The fourth-order valence-corrected chi connectivity index (χ4v) is 3.49. The summed E-state index contributed by atoms with van der Waals surface area (Å²) in [6.07, 6.45) is 0.561. The molecule has 26 heavy (non-hydrogen) atoms. The lowest BCUT2D eigenvalue weighted by molar-refractivity contribution is -0.122. The summed E-state index contributed by atoms with van der Waals surface area (Å²) in [4.78, 5) is 24.9. The second-order valence-corrected chi connectivity index (χ2v) is 7.57. The molecule has 2 amide bonds. The second kappa shape index (κ2) is 7.12. The first-order valence-electron chi connectivity index (χ1n) is 8.72. The Balaban J connectivity index is 1.62. The van der Waals surface area contributed by atoms with Gasteiger partial charge in [-0.3, -0.25) is 9.59 Å². The Kier molecular flexibility index (Phi) is 5.05.